The molecule has 25 heavy (non-hydrogen) atoms. The van der Waals surface area contributed by atoms with Crippen LogP contribution in [0.2, 0.25) is 0 Å². The molecule has 0 atom stereocenters. The third-order valence-electron chi connectivity index (χ3n) is 4.36. The number of halogens is 2. The minimum atomic E-state index is -0.495. The first kappa shape index (κ1) is 18.7. The molecule has 132 valence electrons. The highest BCUT2D eigenvalue weighted by Crippen LogP contribution is 2.29. The van der Waals surface area contributed by atoms with E-state index in [2.05, 4.69) is 56.1 Å². The molecule has 0 unspecified atom stereocenters. The van der Waals surface area contributed by atoms with Crippen molar-refractivity contribution in [3.05, 3.63) is 67.1 Å². The van der Waals surface area contributed by atoms with Crippen molar-refractivity contribution in [1.29, 1.82) is 0 Å². The van der Waals surface area contributed by atoms with Crippen molar-refractivity contribution in [1.82, 2.24) is 0 Å². The Morgan fingerprint density at radius 2 is 1.52 bits per heavy atom. The van der Waals surface area contributed by atoms with Crippen molar-refractivity contribution in [2.24, 2.45) is 0 Å². The topological polar surface area (TPSA) is 26.3 Å². The van der Waals surface area contributed by atoms with Gasteiger partial charge in [0.2, 0.25) is 0 Å². The molecular formula is C21H22Br2O2. The van der Waals surface area contributed by atoms with Crippen LogP contribution in [-0.2, 0) is 30.4 Å². The number of hydrogen-bond donors (Lipinski definition) is 0. The van der Waals surface area contributed by atoms with Gasteiger partial charge in [-0.1, -0.05) is 44.0 Å². The average Bonchev–Trinajstić information content (AvgIpc) is 2.49. The number of esters is 1. The van der Waals surface area contributed by atoms with Crippen LogP contribution in [0.3, 0.4) is 0 Å². The van der Waals surface area contributed by atoms with Gasteiger partial charge in [-0.15, -0.1) is 0 Å². The maximum Gasteiger partial charge on any atom is 0.338 e. The summed E-state index contributed by atoms with van der Waals surface area (Å²) in [7, 11) is 0. The van der Waals surface area contributed by atoms with E-state index in [-0.39, 0.29) is 5.97 Å². The predicted octanol–water partition coefficient (Wildman–Crippen LogP) is 6.05. The van der Waals surface area contributed by atoms with Gasteiger partial charge < -0.3 is 4.74 Å². The summed E-state index contributed by atoms with van der Waals surface area (Å²) in [6.07, 6.45) is 3.49. The summed E-state index contributed by atoms with van der Waals surface area (Å²) in [5.74, 6) is -0.235. The Kier molecular flexibility index (Phi) is 5.40. The van der Waals surface area contributed by atoms with Crippen LogP contribution in [-0.4, -0.2) is 11.6 Å². The van der Waals surface area contributed by atoms with E-state index in [0.29, 0.717) is 5.56 Å². The van der Waals surface area contributed by atoms with Gasteiger partial charge in [-0.25, -0.2) is 4.79 Å². The molecule has 2 nitrogen and oxygen atoms in total. The largest absolute Gasteiger partial charge is 0.456 e. The van der Waals surface area contributed by atoms with E-state index in [1.54, 1.807) is 0 Å². The minimum absolute atomic E-state index is 0.235. The van der Waals surface area contributed by atoms with Gasteiger partial charge in [-0.3, -0.25) is 0 Å². The summed E-state index contributed by atoms with van der Waals surface area (Å²) in [4.78, 5) is 12.7. The average molecular weight is 466 g/mol. The first-order valence-corrected chi connectivity index (χ1v) is 10.1. The van der Waals surface area contributed by atoms with Gasteiger partial charge >= 0.3 is 5.97 Å². The lowest BCUT2D eigenvalue weighted by atomic mass is 9.93. The highest BCUT2D eigenvalue weighted by atomic mass is 79.9. The fourth-order valence-electron chi connectivity index (χ4n) is 3.08. The first-order valence-electron chi connectivity index (χ1n) is 8.55. The molecule has 4 aliphatic rings. The van der Waals surface area contributed by atoms with E-state index in [1.807, 2.05) is 26.8 Å². The minimum Gasteiger partial charge on any atom is -0.456 e. The molecule has 4 bridgehead atoms. The van der Waals surface area contributed by atoms with Crippen LogP contribution in [0, 0.1) is 0 Å². The van der Waals surface area contributed by atoms with E-state index in [4.69, 9.17) is 4.74 Å². The van der Waals surface area contributed by atoms with Crippen LogP contribution < -0.4 is 0 Å². The Bertz CT molecular complexity index is 819. The second kappa shape index (κ2) is 7.24. The third-order valence-corrected chi connectivity index (χ3v) is 5.83. The smallest absolute Gasteiger partial charge is 0.338 e. The summed E-state index contributed by atoms with van der Waals surface area (Å²) in [5, 5.41) is 0. The van der Waals surface area contributed by atoms with E-state index in [9.17, 15) is 4.79 Å². The van der Waals surface area contributed by atoms with Crippen LogP contribution >= 0.6 is 31.9 Å². The van der Waals surface area contributed by atoms with Gasteiger partial charge in [0.05, 0.1) is 5.56 Å². The van der Waals surface area contributed by atoms with Crippen molar-refractivity contribution < 1.29 is 9.53 Å². The lowest BCUT2D eigenvalue weighted by molar-refractivity contribution is 0.00682. The fraction of sp³-hybridized carbons (Fsp3) is 0.381. The van der Waals surface area contributed by atoms with Crippen LogP contribution in [0.1, 0.15) is 53.4 Å². The van der Waals surface area contributed by atoms with E-state index >= 15 is 0 Å². The Morgan fingerprint density at radius 1 is 0.880 bits per heavy atom. The SMILES string of the molecule is CC(C)(C)OC(=O)c1cc2c(Br)cc1CCc1ccc(cc1Br)CC2. The third kappa shape index (κ3) is 4.53. The van der Waals surface area contributed by atoms with Gasteiger partial charge in [0.25, 0.3) is 0 Å². The Balaban J connectivity index is 2.03. The maximum absolute atomic E-state index is 12.7. The zero-order chi connectivity index (χ0) is 18.2. The summed E-state index contributed by atoms with van der Waals surface area (Å²) in [6.45, 7) is 5.71. The maximum atomic E-state index is 12.7. The number of carbonyl (C=O) groups is 1. The van der Waals surface area contributed by atoms with Gasteiger partial charge in [0.15, 0.2) is 0 Å². The molecule has 0 aromatic heterocycles. The molecule has 4 heteroatoms. The van der Waals surface area contributed by atoms with Crippen LogP contribution in [0.25, 0.3) is 0 Å². The Hall–Kier alpha value is -1.13. The number of ether oxygens (including phenoxy) is 1. The fourth-order valence-corrected chi connectivity index (χ4v) is 4.29. The van der Waals surface area contributed by atoms with E-state index in [0.717, 1.165) is 45.8 Å². The van der Waals surface area contributed by atoms with Crippen molar-refractivity contribution in [3.63, 3.8) is 0 Å². The van der Waals surface area contributed by atoms with E-state index < -0.39 is 5.60 Å². The molecule has 4 aliphatic carbocycles. The molecule has 2 aromatic rings. The summed E-state index contributed by atoms with van der Waals surface area (Å²) >= 11 is 7.38. The molecule has 0 aliphatic heterocycles. The second-order valence-electron chi connectivity index (χ2n) is 7.53. The predicted molar refractivity (Wildman–Crippen MR) is 108 cm³/mol. The molecule has 0 saturated carbocycles. The molecule has 0 spiro atoms. The van der Waals surface area contributed by atoms with Crippen molar-refractivity contribution >= 4 is 37.8 Å². The van der Waals surface area contributed by atoms with Crippen molar-refractivity contribution in [2.45, 2.75) is 52.1 Å². The second-order valence-corrected chi connectivity index (χ2v) is 9.24. The zero-order valence-corrected chi connectivity index (χ0v) is 18.0. The standard InChI is InChI=1S/C21H22Br2O2/c1-21(2,3)25-20(24)17-11-16-7-5-13-4-6-14(18(22)10-13)8-9-15(17)12-19(16)23/h4,6,10-12H,5,7-9H2,1-3H3. The number of carbonyl (C=O) groups excluding carboxylic acids is 1. The van der Waals surface area contributed by atoms with E-state index in [1.165, 1.54) is 11.1 Å². The molecule has 0 heterocycles. The highest BCUT2D eigenvalue weighted by molar-refractivity contribution is 9.10. The summed E-state index contributed by atoms with van der Waals surface area (Å²) in [6, 6.07) is 10.7. The molecule has 0 fully saturated rings. The van der Waals surface area contributed by atoms with Crippen LogP contribution in [0.5, 0.6) is 0 Å². The molecule has 6 rings (SSSR count). The van der Waals surface area contributed by atoms with Gasteiger partial charge in [-0.2, -0.15) is 0 Å². The molecule has 2 aromatic carbocycles. The number of aryl methyl sites for hydroxylation is 4. The molecule has 0 radical (unpaired) electrons. The van der Waals surface area contributed by atoms with Gasteiger partial charge in [-0.05, 0) is 86.9 Å². The molecule has 0 N–H and O–H groups in total. The van der Waals surface area contributed by atoms with Crippen molar-refractivity contribution in [3.8, 4) is 0 Å². The Labute approximate surface area is 166 Å². The lowest BCUT2D eigenvalue weighted by Crippen LogP contribution is -2.25. The van der Waals surface area contributed by atoms with Crippen LogP contribution in [0.15, 0.2) is 39.3 Å². The van der Waals surface area contributed by atoms with Gasteiger partial charge in [0.1, 0.15) is 5.60 Å². The normalized spacial score (nSPS) is 14.1. The first-order chi connectivity index (χ1) is 11.7. The van der Waals surface area contributed by atoms with Crippen molar-refractivity contribution in [2.75, 3.05) is 0 Å². The quantitative estimate of drug-likeness (QED) is 0.479. The van der Waals surface area contributed by atoms with Gasteiger partial charge in [0, 0.05) is 8.95 Å². The Morgan fingerprint density at radius 3 is 2.20 bits per heavy atom. The molecule has 0 saturated heterocycles. The highest BCUT2D eigenvalue weighted by Gasteiger charge is 2.22. The summed E-state index contributed by atoms with van der Waals surface area (Å²) < 4.78 is 7.86. The zero-order valence-electron chi connectivity index (χ0n) is 14.8. The number of hydrogen-bond acceptors (Lipinski definition) is 2. The summed E-state index contributed by atoms with van der Waals surface area (Å²) in [5.41, 5.74) is 4.93. The molecular weight excluding hydrogens is 444 g/mol. The van der Waals surface area contributed by atoms with Crippen LogP contribution in [0.4, 0.5) is 0 Å². The number of rotatable bonds is 1. The molecule has 0 amide bonds. The lowest BCUT2D eigenvalue weighted by Gasteiger charge is -2.22. The monoisotopic (exact) mass is 464 g/mol. The number of benzene rings is 2.